The third-order valence-corrected chi connectivity index (χ3v) is 4.82. The van der Waals surface area contributed by atoms with Crippen LogP contribution < -0.4 is 5.32 Å². The summed E-state index contributed by atoms with van der Waals surface area (Å²) in [6.45, 7) is 1.96. The molecule has 4 rings (SSSR count). The van der Waals surface area contributed by atoms with Crippen molar-refractivity contribution in [3.8, 4) is 0 Å². The topological polar surface area (TPSA) is 54.9 Å². The van der Waals surface area contributed by atoms with Crippen LogP contribution in [0.3, 0.4) is 0 Å². The molecule has 0 aliphatic heterocycles. The molecule has 0 aliphatic rings. The fourth-order valence-electron chi connectivity index (χ4n) is 2.64. The first-order valence-electron chi connectivity index (χ1n) is 7.33. The zero-order valence-corrected chi connectivity index (χ0v) is 14.3. The first-order chi connectivity index (χ1) is 11.6. The Hall–Kier alpha value is -2.50. The van der Waals surface area contributed by atoms with Crippen LogP contribution in [0, 0.1) is 6.92 Å². The van der Waals surface area contributed by atoms with Crippen LogP contribution in [0.15, 0.2) is 48.7 Å². The van der Waals surface area contributed by atoms with Crippen molar-refractivity contribution in [3.63, 3.8) is 0 Å². The quantitative estimate of drug-likeness (QED) is 0.548. The van der Waals surface area contributed by atoms with Crippen molar-refractivity contribution in [2.75, 3.05) is 5.32 Å². The van der Waals surface area contributed by atoms with Crippen LogP contribution in [0.1, 0.15) is 15.4 Å². The molecular weight excluding hydrogens is 342 g/mol. The first-order valence-corrected chi connectivity index (χ1v) is 8.52. The number of pyridine rings is 1. The zero-order valence-electron chi connectivity index (χ0n) is 12.7. The van der Waals surface area contributed by atoms with Gasteiger partial charge in [0, 0.05) is 22.3 Å². The molecule has 0 fully saturated rings. The average Bonchev–Trinajstić information content (AvgIpc) is 2.93. The Morgan fingerprint density at radius 1 is 1.21 bits per heavy atom. The van der Waals surface area contributed by atoms with Gasteiger partial charge in [-0.15, -0.1) is 11.3 Å². The second kappa shape index (κ2) is 5.85. The maximum atomic E-state index is 12.7. The predicted molar refractivity (Wildman–Crippen MR) is 99.1 cm³/mol. The molecule has 0 atom stereocenters. The number of hydrogen-bond acceptors (Lipinski definition) is 4. The summed E-state index contributed by atoms with van der Waals surface area (Å²) in [6.07, 6.45) is 1.67. The normalized spacial score (nSPS) is 11.1. The van der Waals surface area contributed by atoms with Gasteiger partial charge in [0.15, 0.2) is 0 Å². The van der Waals surface area contributed by atoms with Gasteiger partial charge in [0.1, 0.15) is 0 Å². The highest BCUT2D eigenvalue weighted by Gasteiger charge is 2.13. The molecule has 4 aromatic rings. The Morgan fingerprint density at radius 2 is 2.08 bits per heavy atom. The van der Waals surface area contributed by atoms with Crippen molar-refractivity contribution < 1.29 is 4.79 Å². The number of aryl methyl sites for hydroxylation is 1. The Labute approximate surface area is 147 Å². The number of nitrogens with one attached hydrogen (secondary N) is 1. The lowest BCUT2D eigenvalue weighted by Crippen LogP contribution is -2.12. The van der Waals surface area contributed by atoms with Crippen LogP contribution in [0.25, 0.3) is 21.1 Å². The number of carbonyl (C=O) groups excluding carboxylic acids is 1. The molecule has 2 aromatic carbocycles. The van der Waals surface area contributed by atoms with E-state index in [1.54, 1.807) is 29.7 Å². The van der Waals surface area contributed by atoms with Crippen molar-refractivity contribution in [1.82, 2.24) is 9.97 Å². The fourth-order valence-corrected chi connectivity index (χ4v) is 3.74. The molecule has 118 valence electrons. The number of halogens is 1. The monoisotopic (exact) mass is 353 g/mol. The van der Waals surface area contributed by atoms with Gasteiger partial charge in [0.05, 0.1) is 26.3 Å². The van der Waals surface area contributed by atoms with Crippen molar-refractivity contribution in [2.24, 2.45) is 0 Å². The minimum Gasteiger partial charge on any atom is -0.322 e. The Balaban J connectivity index is 1.73. The highest BCUT2D eigenvalue weighted by Crippen LogP contribution is 2.26. The summed E-state index contributed by atoms with van der Waals surface area (Å²) in [5.74, 6) is -0.234. The maximum Gasteiger partial charge on any atom is 0.257 e. The highest BCUT2D eigenvalue weighted by atomic mass is 35.5. The molecule has 2 heterocycles. The van der Waals surface area contributed by atoms with Crippen LogP contribution in [0.2, 0.25) is 5.02 Å². The van der Waals surface area contributed by atoms with Crippen LogP contribution in [-0.4, -0.2) is 15.9 Å². The predicted octanol–water partition coefficient (Wildman–Crippen LogP) is 5.06. The van der Waals surface area contributed by atoms with Crippen LogP contribution >= 0.6 is 22.9 Å². The molecule has 1 N–H and O–H groups in total. The van der Waals surface area contributed by atoms with Crippen molar-refractivity contribution in [2.45, 2.75) is 6.92 Å². The Kier molecular flexibility index (Phi) is 3.67. The summed E-state index contributed by atoms with van der Waals surface area (Å²) < 4.78 is 1.04. The number of amides is 1. The van der Waals surface area contributed by atoms with Crippen LogP contribution in [0.5, 0.6) is 0 Å². The molecule has 24 heavy (non-hydrogen) atoms. The lowest BCUT2D eigenvalue weighted by atomic mass is 10.1. The van der Waals surface area contributed by atoms with Gasteiger partial charge in [-0.05, 0) is 43.3 Å². The van der Waals surface area contributed by atoms with Gasteiger partial charge in [0.25, 0.3) is 5.91 Å². The highest BCUT2D eigenvalue weighted by molar-refractivity contribution is 7.18. The molecule has 6 heteroatoms. The molecule has 4 nitrogen and oxygen atoms in total. The van der Waals surface area contributed by atoms with E-state index >= 15 is 0 Å². The van der Waals surface area contributed by atoms with E-state index in [0.717, 1.165) is 26.3 Å². The molecule has 0 aliphatic carbocycles. The Bertz CT molecular complexity index is 1090. The summed E-state index contributed by atoms with van der Waals surface area (Å²) in [5, 5.41) is 5.26. The second-order valence-electron chi connectivity index (χ2n) is 5.40. The SMILES string of the molecule is Cc1nc2ccc(NC(=O)c3cc(Cl)cc4cccnc34)cc2s1. The maximum absolute atomic E-state index is 12.7. The third-order valence-electron chi connectivity index (χ3n) is 3.67. The van der Waals surface area contributed by atoms with Crippen LogP contribution in [-0.2, 0) is 0 Å². The largest absolute Gasteiger partial charge is 0.322 e. The summed E-state index contributed by atoms with van der Waals surface area (Å²) in [6, 6.07) is 12.8. The van der Waals surface area contributed by atoms with E-state index in [1.807, 2.05) is 37.3 Å². The number of nitrogens with zero attached hydrogens (tertiary/aromatic N) is 2. The molecule has 0 bridgehead atoms. The number of benzene rings is 2. The van der Waals surface area contributed by atoms with Gasteiger partial charge in [-0.1, -0.05) is 17.7 Å². The zero-order chi connectivity index (χ0) is 16.7. The molecule has 0 saturated heterocycles. The van der Waals surface area contributed by atoms with E-state index in [9.17, 15) is 4.79 Å². The number of fused-ring (bicyclic) bond motifs is 2. The molecule has 2 aromatic heterocycles. The summed E-state index contributed by atoms with van der Waals surface area (Å²) in [5.41, 5.74) is 2.75. The molecule has 0 unspecified atom stereocenters. The molecule has 0 saturated carbocycles. The smallest absolute Gasteiger partial charge is 0.257 e. The van der Waals surface area contributed by atoms with Crippen molar-refractivity contribution in [3.05, 3.63) is 64.3 Å². The lowest BCUT2D eigenvalue weighted by Gasteiger charge is -2.08. The number of carbonyl (C=O) groups is 1. The van der Waals surface area contributed by atoms with E-state index in [4.69, 9.17) is 11.6 Å². The number of anilines is 1. The molecule has 0 radical (unpaired) electrons. The molecule has 0 spiro atoms. The number of aromatic nitrogens is 2. The van der Waals surface area contributed by atoms with E-state index in [1.165, 1.54) is 0 Å². The van der Waals surface area contributed by atoms with E-state index in [2.05, 4.69) is 15.3 Å². The van der Waals surface area contributed by atoms with Gasteiger partial charge in [-0.2, -0.15) is 0 Å². The van der Waals surface area contributed by atoms with Crippen molar-refractivity contribution >= 4 is 55.7 Å². The third kappa shape index (κ3) is 2.72. The van der Waals surface area contributed by atoms with Crippen molar-refractivity contribution in [1.29, 1.82) is 0 Å². The minimum atomic E-state index is -0.234. The first kappa shape index (κ1) is 15.1. The summed E-state index contributed by atoms with van der Waals surface area (Å²) >= 11 is 7.74. The van der Waals surface area contributed by atoms with Crippen LogP contribution in [0.4, 0.5) is 5.69 Å². The van der Waals surface area contributed by atoms with E-state index in [-0.39, 0.29) is 5.91 Å². The summed E-state index contributed by atoms with van der Waals surface area (Å²) in [4.78, 5) is 21.4. The number of rotatable bonds is 2. The minimum absolute atomic E-state index is 0.234. The second-order valence-corrected chi connectivity index (χ2v) is 7.07. The number of hydrogen-bond donors (Lipinski definition) is 1. The summed E-state index contributed by atoms with van der Waals surface area (Å²) in [7, 11) is 0. The molecular formula is C18H12ClN3OS. The van der Waals surface area contributed by atoms with Gasteiger partial charge in [0.2, 0.25) is 0 Å². The van der Waals surface area contributed by atoms with Gasteiger partial charge in [-0.3, -0.25) is 9.78 Å². The standard InChI is InChI=1S/C18H12ClN3OS/c1-10-21-15-5-4-13(9-16(15)24-10)22-18(23)14-8-12(19)7-11-3-2-6-20-17(11)14/h2-9H,1H3,(H,22,23). The average molecular weight is 354 g/mol. The fraction of sp³-hybridized carbons (Fsp3) is 0.0556. The van der Waals surface area contributed by atoms with Gasteiger partial charge in [-0.25, -0.2) is 4.98 Å². The molecule has 1 amide bonds. The lowest BCUT2D eigenvalue weighted by molar-refractivity contribution is 0.102. The van der Waals surface area contributed by atoms with E-state index < -0.39 is 0 Å². The van der Waals surface area contributed by atoms with Gasteiger partial charge >= 0.3 is 0 Å². The van der Waals surface area contributed by atoms with Gasteiger partial charge < -0.3 is 5.32 Å². The number of thiazole rings is 1. The van der Waals surface area contributed by atoms with E-state index in [0.29, 0.717) is 16.1 Å². The Morgan fingerprint density at radius 3 is 2.96 bits per heavy atom.